The molecule has 4 fully saturated rings. The summed E-state index contributed by atoms with van der Waals surface area (Å²) >= 11 is 0.149. The molecular formula is C30H36Fe2Sn+4. The zero-order valence-corrected chi connectivity index (χ0v) is 24.9. The molecular weight excluding hydrogens is 591 g/mol. The maximum Gasteiger partial charge on any atom is 2.00 e. The number of hydrogen-bond donors (Lipinski definition) is 0. The Bertz CT molecular complexity index is 316. The smallest absolute Gasteiger partial charge is 0.466 e. The van der Waals surface area contributed by atoms with E-state index < -0.39 is 0 Å². The van der Waals surface area contributed by atoms with Crippen molar-refractivity contribution < 1.29 is 34.1 Å². The van der Waals surface area contributed by atoms with Gasteiger partial charge in [-0.05, 0) is 64.2 Å². The SMILES string of the molecule is CCC[CH2][Sn+2][CH2]CCC.[C-]1[CH][CH][CH][C]1/C=C\[C]1[C-][CH][CH][CH]1.[CH]1[CH][CH][CH][CH]1.[CH]1[CH][CH][CH][CH]1.[Fe+2].[Fe+2]. The van der Waals surface area contributed by atoms with Crippen LogP contribution in [0.4, 0.5) is 0 Å². The van der Waals surface area contributed by atoms with E-state index in [1.54, 1.807) is 8.87 Å². The Morgan fingerprint density at radius 1 is 0.576 bits per heavy atom. The van der Waals surface area contributed by atoms with Crippen LogP contribution in [0, 0.1) is 127 Å². The largest absolute Gasteiger partial charge is 2.00 e. The molecule has 0 unspecified atom stereocenters. The van der Waals surface area contributed by atoms with Crippen LogP contribution >= 0.6 is 0 Å². The third-order valence-electron chi connectivity index (χ3n) is 4.21. The molecule has 0 amide bonds. The van der Waals surface area contributed by atoms with Crippen molar-refractivity contribution in [2.45, 2.75) is 48.4 Å². The van der Waals surface area contributed by atoms with Crippen LogP contribution in [0.5, 0.6) is 0 Å². The molecule has 3 heteroatoms. The van der Waals surface area contributed by atoms with Crippen molar-refractivity contribution in [3.63, 3.8) is 0 Å². The van der Waals surface area contributed by atoms with Crippen molar-refractivity contribution >= 4 is 21.1 Å². The first-order valence-corrected chi connectivity index (χ1v) is 15.4. The van der Waals surface area contributed by atoms with E-state index in [9.17, 15) is 0 Å². The van der Waals surface area contributed by atoms with Crippen molar-refractivity contribution in [3.8, 4) is 0 Å². The summed E-state index contributed by atoms with van der Waals surface area (Å²) in [7, 11) is 0. The number of hydrogen-bond acceptors (Lipinski definition) is 0. The monoisotopic (exact) mass is 628 g/mol. The molecule has 20 radical (unpaired) electrons. The molecule has 4 saturated carbocycles. The molecule has 0 spiro atoms. The molecule has 0 nitrogen and oxygen atoms in total. The Kier molecular flexibility index (Phi) is 33.2. The second kappa shape index (κ2) is 29.8. The summed E-state index contributed by atoms with van der Waals surface area (Å²) in [6, 6.07) is 0. The van der Waals surface area contributed by atoms with Crippen molar-refractivity contribution in [2.24, 2.45) is 0 Å². The molecule has 0 aromatic carbocycles. The normalized spacial score (nSPS) is 19.8. The van der Waals surface area contributed by atoms with Gasteiger partial charge in [-0.2, -0.15) is 11.8 Å². The molecule has 0 heterocycles. The van der Waals surface area contributed by atoms with E-state index in [-0.39, 0.29) is 55.3 Å². The molecule has 0 aromatic heterocycles. The molecule has 4 aliphatic carbocycles. The predicted octanol–water partition coefficient (Wildman–Crippen LogP) is 7.27. The quantitative estimate of drug-likeness (QED) is 0.151. The molecule has 0 aliphatic heterocycles. The van der Waals surface area contributed by atoms with E-state index in [0.29, 0.717) is 0 Å². The number of allylic oxidation sites excluding steroid dienone is 2. The van der Waals surface area contributed by atoms with E-state index in [4.69, 9.17) is 0 Å². The van der Waals surface area contributed by atoms with Crippen LogP contribution in [0.3, 0.4) is 0 Å². The van der Waals surface area contributed by atoms with Gasteiger partial charge in [-0.1, -0.05) is 25.7 Å². The minimum atomic E-state index is 0. The molecule has 0 atom stereocenters. The van der Waals surface area contributed by atoms with E-state index in [2.05, 4.69) is 26.7 Å². The van der Waals surface area contributed by atoms with Crippen LogP contribution in [-0.4, -0.2) is 21.1 Å². The fraction of sp³-hybridized carbons (Fsp3) is 0.267. The first-order chi connectivity index (χ1) is 15.4. The van der Waals surface area contributed by atoms with Crippen molar-refractivity contribution in [1.82, 2.24) is 0 Å². The first kappa shape index (κ1) is 36.7. The minimum Gasteiger partial charge on any atom is -0.466 e. The number of rotatable bonds is 8. The Labute approximate surface area is 241 Å². The fourth-order valence-corrected chi connectivity index (χ4v) is 6.60. The van der Waals surface area contributed by atoms with Crippen LogP contribution < -0.4 is 0 Å². The molecule has 0 aromatic rings. The standard InChI is InChI=1S/C12H8.2C5H5.2C4H9.2Fe.Sn/c1-2-6-11(5-1)9-10-12-7-3-4-8-12;2*1-2-4-5-3-1;2*1-3-4-2;;;/h1-5,7,9-10H;2*1-5H;2*1,3-4H2,2H3;;;/q-2;;;;;3*+2/b10-9-;;;;;;;. The van der Waals surface area contributed by atoms with E-state index >= 15 is 0 Å². The molecule has 4 aliphatic rings. The van der Waals surface area contributed by atoms with Crippen molar-refractivity contribution in [1.29, 1.82) is 0 Å². The van der Waals surface area contributed by atoms with Crippen LogP contribution in [0.2, 0.25) is 8.87 Å². The summed E-state index contributed by atoms with van der Waals surface area (Å²) in [5.41, 5.74) is 0. The van der Waals surface area contributed by atoms with Crippen LogP contribution in [-0.2, 0) is 34.1 Å². The maximum absolute atomic E-state index is 3.10. The van der Waals surface area contributed by atoms with Gasteiger partial charge in [0.2, 0.25) is 0 Å². The molecule has 0 bridgehead atoms. The predicted molar refractivity (Wildman–Crippen MR) is 136 cm³/mol. The summed E-state index contributed by atoms with van der Waals surface area (Å²) in [6.07, 6.45) is 47.9. The Balaban J connectivity index is 0. The van der Waals surface area contributed by atoms with Gasteiger partial charge in [0.15, 0.2) is 0 Å². The fourth-order valence-electron chi connectivity index (χ4n) is 2.45. The zero-order valence-electron chi connectivity index (χ0n) is 19.8. The zero-order chi connectivity index (χ0) is 22.2. The van der Waals surface area contributed by atoms with Gasteiger partial charge in [0.25, 0.3) is 0 Å². The van der Waals surface area contributed by atoms with Gasteiger partial charge in [0.1, 0.15) is 0 Å². The summed E-state index contributed by atoms with van der Waals surface area (Å²) in [5, 5.41) is 0. The van der Waals surface area contributed by atoms with Gasteiger partial charge in [-0.25, -0.2) is 12.8 Å². The third kappa shape index (κ3) is 25.0. The van der Waals surface area contributed by atoms with Crippen LogP contribution in [0.1, 0.15) is 39.5 Å². The molecule has 4 rings (SSSR count). The van der Waals surface area contributed by atoms with Crippen molar-refractivity contribution in [2.75, 3.05) is 0 Å². The van der Waals surface area contributed by atoms with Gasteiger partial charge < -0.3 is 12.8 Å². The second-order valence-electron chi connectivity index (χ2n) is 6.97. The van der Waals surface area contributed by atoms with Crippen LogP contribution in [0.25, 0.3) is 0 Å². The molecule has 33 heavy (non-hydrogen) atoms. The van der Waals surface area contributed by atoms with Gasteiger partial charge in [0.05, 0.1) is 0 Å². The molecule has 0 N–H and O–H groups in total. The average molecular weight is 627 g/mol. The van der Waals surface area contributed by atoms with E-state index in [0.717, 1.165) is 11.8 Å². The Morgan fingerprint density at radius 3 is 1.15 bits per heavy atom. The third-order valence-corrected chi connectivity index (χ3v) is 8.25. The summed E-state index contributed by atoms with van der Waals surface area (Å²) in [5.74, 6) is 2.23. The topological polar surface area (TPSA) is 0 Å². The summed E-state index contributed by atoms with van der Waals surface area (Å²) in [6.45, 7) is 4.58. The molecule has 172 valence electrons. The summed E-state index contributed by atoms with van der Waals surface area (Å²) < 4.78 is 3.25. The minimum absolute atomic E-state index is 0. The second-order valence-corrected chi connectivity index (χ2v) is 11.2. The van der Waals surface area contributed by atoms with E-state index in [1.807, 2.05) is 115 Å². The summed E-state index contributed by atoms with van der Waals surface area (Å²) in [4.78, 5) is 0. The van der Waals surface area contributed by atoms with Gasteiger partial charge in [-0.15, -0.1) is 12.2 Å². The van der Waals surface area contributed by atoms with Gasteiger partial charge in [-0.3, -0.25) is 0 Å². The van der Waals surface area contributed by atoms with Crippen molar-refractivity contribution in [3.05, 3.63) is 140 Å². The Hall–Kier alpha value is 1.58. The first-order valence-electron chi connectivity index (χ1n) is 11.4. The average Bonchev–Trinajstić information content (AvgIpc) is 3.64. The maximum atomic E-state index is 3.10. The van der Waals surface area contributed by atoms with Gasteiger partial charge in [0, 0.05) is 0 Å². The van der Waals surface area contributed by atoms with Gasteiger partial charge >= 0.3 is 104 Å². The molecule has 0 saturated heterocycles. The number of unbranched alkanes of at least 4 members (excludes halogenated alkanes) is 2. The Morgan fingerprint density at radius 2 is 0.909 bits per heavy atom. The van der Waals surface area contributed by atoms with Crippen LogP contribution in [0.15, 0.2) is 12.2 Å². The van der Waals surface area contributed by atoms with E-state index in [1.165, 1.54) is 25.7 Å².